The summed E-state index contributed by atoms with van der Waals surface area (Å²) in [5, 5.41) is 8.55. The topological polar surface area (TPSA) is 53.0 Å². The van der Waals surface area contributed by atoms with Gasteiger partial charge in [0.1, 0.15) is 0 Å². The Morgan fingerprint density at radius 3 is 2.77 bits per heavy atom. The van der Waals surface area contributed by atoms with Gasteiger partial charge in [-0.05, 0) is 39.7 Å². The molecule has 1 atom stereocenters. The molecule has 0 bridgehead atoms. The molecule has 1 heterocycles. The summed E-state index contributed by atoms with van der Waals surface area (Å²) >= 11 is 0. The Morgan fingerprint density at radius 1 is 1.62 bits per heavy atom. The number of hydrogen-bond donors (Lipinski definition) is 1. The summed E-state index contributed by atoms with van der Waals surface area (Å²) in [4.78, 5) is 2.43. The maximum atomic E-state index is 8.55. The van der Waals surface area contributed by atoms with E-state index in [4.69, 9.17) is 11.0 Å². The molecule has 2 N–H and O–H groups in total. The lowest BCUT2D eigenvalue weighted by Gasteiger charge is -2.31. The standard InChI is InChI=1S/C10H19N3/c1-10(2)5-3-6-13(10)7-4-9(12)8-11/h9H,3-7,12H2,1-2H3. The van der Waals surface area contributed by atoms with Crippen molar-refractivity contribution in [1.82, 2.24) is 4.90 Å². The lowest BCUT2D eigenvalue weighted by molar-refractivity contribution is 0.172. The molecule has 0 aromatic heterocycles. The van der Waals surface area contributed by atoms with Crippen LogP contribution in [0, 0.1) is 11.3 Å². The van der Waals surface area contributed by atoms with Gasteiger partial charge in [-0.1, -0.05) is 0 Å². The Balaban J connectivity index is 2.34. The van der Waals surface area contributed by atoms with Crippen LogP contribution in [0.25, 0.3) is 0 Å². The number of hydrogen-bond acceptors (Lipinski definition) is 3. The molecular weight excluding hydrogens is 162 g/mol. The zero-order valence-electron chi connectivity index (χ0n) is 8.58. The second kappa shape index (κ2) is 4.08. The van der Waals surface area contributed by atoms with Crippen molar-refractivity contribution in [1.29, 1.82) is 5.26 Å². The Bertz CT molecular complexity index is 205. The average molecular weight is 181 g/mol. The predicted octanol–water partition coefficient (Wildman–Crippen LogP) is 1.10. The van der Waals surface area contributed by atoms with Crippen LogP contribution in [0.2, 0.25) is 0 Å². The molecule has 0 aliphatic carbocycles. The van der Waals surface area contributed by atoms with Gasteiger partial charge in [0.25, 0.3) is 0 Å². The predicted molar refractivity (Wildman–Crippen MR) is 53.1 cm³/mol. The van der Waals surface area contributed by atoms with Gasteiger partial charge in [-0.15, -0.1) is 0 Å². The van der Waals surface area contributed by atoms with Crippen LogP contribution in [0.5, 0.6) is 0 Å². The van der Waals surface area contributed by atoms with Crippen LogP contribution in [0.4, 0.5) is 0 Å². The number of nitriles is 1. The highest BCUT2D eigenvalue weighted by molar-refractivity contribution is 4.91. The maximum absolute atomic E-state index is 8.55. The van der Waals surface area contributed by atoms with E-state index in [1.165, 1.54) is 12.8 Å². The fourth-order valence-corrected chi connectivity index (χ4v) is 1.94. The second-order valence-electron chi connectivity index (χ2n) is 4.43. The Morgan fingerprint density at radius 2 is 2.31 bits per heavy atom. The third-order valence-electron chi connectivity index (χ3n) is 2.95. The molecule has 3 heteroatoms. The van der Waals surface area contributed by atoms with Gasteiger partial charge >= 0.3 is 0 Å². The first-order valence-electron chi connectivity index (χ1n) is 4.96. The number of rotatable bonds is 3. The lowest BCUT2D eigenvalue weighted by atomic mass is 10.0. The first-order valence-corrected chi connectivity index (χ1v) is 4.96. The van der Waals surface area contributed by atoms with Gasteiger partial charge in [0, 0.05) is 12.1 Å². The summed E-state index contributed by atoms with van der Waals surface area (Å²) < 4.78 is 0. The maximum Gasteiger partial charge on any atom is 0.0940 e. The van der Waals surface area contributed by atoms with Crippen LogP contribution in [0.15, 0.2) is 0 Å². The number of likely N-dealkylation sites (tertiary alicyclic amines) is 1. The lowest BCUT2D eigenvalue weighted by Crippen LogP contribution is -2.40. The molecule has 74 valence electrons. The zero-order valence-corrected chi connectivity index (χ0v) is 8.58. The average Bonchev–Trinajstić information content (AvgIpc) is 2.41. The third-order valence-corrected chi connectivity index (χ3v) is 2.95. The van der Waals surface area contributed by atoms with Gasteiger partial charge < -0.3 is 5.73 Å². The fraction of sp³-hybridized carbons (Fsp3) is 0.900. The van der Waals surface area contributed by atoms with Crippen molar-refractivity contribution in [2.75, 3.05) is 13.1 Å². The molecule has 1 aliphatic heterocycles. The highest BCUT2D eigenvalue weighted by Crippen LogP contribution is 2.27. The van der Waals surface area contributed by atoms with E-state index in [2.05, 4.69) is 24.8 Å². The largest absolute Gasteiger partial charge is 0.316 e. The molecule has 1 rings (SSSR count). The number of nitrogens with two attached hydrogens (primary N) is 1. The quantitative estimate of drug-likeness (QED) is 0.709. The minimum atomic E-state index is -0.295. The van der Waals surface area contributed by atoms with E-state index in [9.17, 15) is 0 Å². The fourth-order valence-electron chi connectivity index (χ4n) is 1.94. The summed E-state index contributed by atoms with van der Waals surface area (Å²) in [5.41, 5.74) is 5.87. The van der Waals surface area contributed by atoms with Gasteiger partial charge in [0.15, 0.2) is 0 Å². The molecule has 0 aromatic rings. The third kappa shape index (κ3) is 2.68. The van der Waals surface area contributed by atoms with E-state index < -0.39 is 0 Å². The van der Waals surface area contributed by atoms with Crippen molar-refractivity contribution >= 4 is 0 Å². The van der Waals surface area contributed by atoms with E-state index in [1.54, 1.807) is 0 Å². The summed E-state index contributed by atoms with van der Waals surface area (Å²) in [6.07, 6.45) is 3.32. The Hall–Kier alpha value is -0.590. The van der Waals surface area contributed by atoms with E-state index in [1.807, 2.05) is 0 Å². The minimum absolute atomic E-state index is 0.295. The van der Waals surface area contributed by atoms with Gasteiger partial charge in [-0.2, -0.15) is 5.26 Å². The van der Waals surface area contributed by atoms with Crippen LogP contribution in [-0.4, -0.2) is 29.6 Å². The van der Waals surface area contributed by atoms with E-state index >= 15 is 0 Å². The van der Waals surface area contributed by atoms with E-state index in [0.29, 0.717) is 5.54 Å². The summed E-state index contributed by atoms with van der Waals surface area (Å²) in [7, 11) is 0. The van der Waals surface area contributed by atoms with Gasteiger partial charge in [0.05, 0.1) is 12.1 Å². The monoisotopic (exact) mass is 181 g/mol. The molecule has 0 spiro atoms. The van der Waals surface area contributed by atoms with Crippen molar-refractivity contribution < 1.29 is 0 Å². The van der Waals surface area contributed by atoms with Crippen LogP contribution >= 0.6 is 0 Å². The van der Waals surface area contributed by atoms with Crippen molar-refractivity contribution in [3.63, 3.8) is 0 Å². The normalized spacial score (nSPS) is 24.2. The first kappa shape index (κ1) is 10.5. The van der Waals surface area contributed by atoms with Gasteiger partial charge in [-0.3, -0.25) is 4.90 Å². The van der Waals surface area contributed by atoms with Gasteiger partial charge in [0.2, 0.25) is 0 Å². The van der Waals surface area contributed by atoms with Crippen molar-refractivity contribution in [2.45, 2.75) is 44.7 Å². The molecule has 13 heavy (non-hydrogen) atoms. The Kier molecular flexibility index (Phi) is 3.29. The van der Waals surface area contributed by atoms with E-state index in [-0.39, 0.29) is 6.04 Å². The van der Waals surface area contributed by atoms with Crippen LogP contribution < -0.4 is 5.73 Å². The summed E-state index contributed by atoms with van der Waals surface area (Å²) in [5.74, 6) is 0. The molecule has 0 saturated carbocycles. The molecule has 1 saturated heterocycles. The molecule has 0 aromatic carbocycles. The highest BCUT2D eigenvalue weighted by atomic mass is 15.2. The smallest absolute Gasteiger partial charge is 0.0940 e. The SMILES string of the molecule is CC1(C)CCCN1CCC(N)C#N. The van der Waals surface area contributed by atoms with E-state index in [0.717, 1.165) is 19.5 Å². The van der Waals surface area contributed by atoms with Crippen LogP contribution in [0.1, 0.15) is 33.1 Å². The van der Waals surface area contributed by atoms with Crippen molar-refractivity contribution in [3.05, 3.63) is 0 Å². The van der Waals surface area contributed by atoms with Gasteiger partial charge in [-0.25, -0.2) is 0 Å². The summed E-state index contributed by atoms with van der Waals surface area (Å²) in [6.45, 7) is 6.64. The zero-order chi connectivity index (χ0) is 9.90. The minimum Gasteiger partial charge on any atom is -0.316 e. The molecular formula is C10H19N3. The molecule has 0 radical (unpaired) electrons. The molecule has 1 unspecified atom stereocenters. The first-order chi connectivity index (χ1) is 6.06. The van der Waals surface area contributed by atoms with Crippen molar-refractivity contribution in [3.8, 4) is 6.07 Å². The highest BCUT2D eigenvalue weighted by Gasteiger charge is 2.31. The molecule has 1 fully saturated rings. The Labute approximate surface area is 80.5 Å². The molecule has 3 nitrogen and oxygen atoms in total. The molecule has 1 aliphatic rings. The van der Waals surface area contributed by atoms with Crippen LogP contribution in [0.3, 0.4) is 0 Å². The van der Waals surface area contributed by atoms with Crippen LogP contribution in [-0.2, 0) is 0 Å². The second-order valence-corrected chi connectivity index (χ2v) is 4.43. The number of nitrogens with zero attached hydrogens (tertiary/aromatic N) is 2. The summed E-state index contributed by atoms with van der Waals surface area (Å²) in [6, 6.07) is 1.77. The molecule has 0 amide bonds. The van der Waals surface area contributed by atoms with Crippen molar-refractivity contribution in [2.24, 2.45) is 5.73 Å².